The van der Waals surface area contributed by atoms with Crippen LogP contribution in [0, 0.1) is 6.92 Å². The van der Waals surface area contributed by atoms with Crippen LogP contribution in [0.25, 0.3) is 0 Å². The Hall–Kier alpha value is -1.55. The molecule has 0 bridgehead atoms. The molecule has 0 atom stereocenters. The molecule has 1 aromatic carbocycles. The highest BCUT2D eigenvalue weighted by atomic mass is 16.5. The van der Waals surface area contributed by atoms with Crippen LogP contribution in [0.5, 0.6) is 11.5 Å². The second-order valence-corrected chi connectivity index (χ2v) is 4.13. The Kier molecular flexibility index (Phi) is 3.64. The first-order valence-electron chi connectivity index (χ1n) is 5.86. The molecular weight excluding hydrogens is 218 g/mol. The first-order chi connectivity index (χ1) is 8.22. The Balaban J connectivity index is 2.35. The van der Waals surface area contributed by atoms with Crippen LogP contribution in [0.2, 0.25) is 0 Å². The normalized spacial score (nSPS) is 14.2. The molecule has 0 aromatic heterocycles. The van der Waals surface area contributed by atoms with E-state index < -0.39 is 0 Å². The number of aryl methyl sites for hydroxylation is 1. The summed E-state index contributed by atoms with van der Waals surface area (Å²) in [5.74, 6) is 1.44. The van der Waals surface area contributed by atoms with Gasteiger partial charge in [-0.1, -0.05) is 0 Å². The van der Waals surface area contributed by atoms with Crippen LogP contribution in [0.4, 0.5) is 0 Å². The summed E-state index contributed by atoms with van der Waals surface area (Å²) < 4.78 is 11.1. The van der Waals surface area contributed by atoms with Gasteiger partial charge in [-0.25, -0.2) is 0 Å². The topological polar surface area (TPSA) is 61.6 Å². The van der Waals surface area contributed by atoms with E-state index >= 15 is 0 Å². The smallest absolute Gasteiger partial charge is 0.164 e. The Bertz CT molecular complexity index is 429. The number of nitrogens with two attached hydrogens (primary N) is 1. The van der Waals surface area contributed by atoms with Gasteiger partial charge in [0.1, 0.15) is 0 Å². The molecule has 0 fully saturated rings. The summed E-state index contributed by atoms with van der Waals surface area (Å²) in [6.07, 6.45) is 1.22. The Morgan fingerprint density at radius 2 is 1.94 bits per heavy atom. The number of benzene rings is 1. The van der Waals surface area contributed by atoms with Gasteiger partial charge >= 0.3 is 0 Å². The van der Waals surface area contributed by atoms with Crippen molar-refractivity contribution in [3.63, 3.8) is 0 Å². The highest BCUT2D eigenvalue weighted by Crippen LogP contribution is 2.32. The molecule has 2 N–H and O–H groups in total. The molecule has 0 aliphatic carbocycles. The van der Waals surface area contributed by atoms with Gasteiger partial charge in [0, 0.05) is 18.4 Å². The van der Waals surface area contributed by atoms with Gasteiger partial charge in [0.05, 0.1) is 13.2 Å². The average Bonchev–Trinajstić information content (AvgIpc) is 2.52. The maximum Gasteiger partial charge on any atom is 0.164 e. The zero-order valence-corrected chi connectivity index (χ0v) is 9.99. The van der Waals surface area contributed by atoms with Gasteiger partial charge in [0.2, 0.25) is 0 Å². The number of hydrogen-bond donors (Lipinski definition) is 1. The Morgan fingerprint density at radius 3 is 2.59 bits per heavy atom. The standard InChI is InChI=1S/C13H17NO3/c1-9-7-12-13(17-6-2-5-16-12)8-10(9)11(15)3-4-14/h7-8H,2-6,14H2,1H3. The van der Waals surface area contributed by atoms with Gasteiger partial charge in [-0.15, -0.1) is 0 Å². The molecule has 0 amide bonds. The SMILES string of the molecule is Cc1cc2c(cc1C(=O)CCN)OCCCO2. The molecule has 4 heteroatoms. The highest BCUT2D eigenvalue weighted by molar-refractivity contribution is 5.98. The van der Waals surface area contributed by atoms with E-state index in [4.69, 9.17) is 15.2 Å². The summed E-state index contributed by atoms with van der Waals surface area (Å²) in [6, 6.07) is 3.64. The van der Waals surface area contributed by atoms with Crippen molar-refractivity contribution in [2.75, 3.05) is 19.8 Å². The van der Waals surface area contributed by atoms with Crippen LogP contribution in [0.1, 0.15) is 28.8 Å². The maximum atomic E-state index is 11.9. The molecule has 4 nitrogen and oxygen atoms in total. The van der Waals surface area contributed by atoms with E-state index in [0.29, 0.717) is 37.5 Å². The van der Waals surface area contributed by atoms with E-state index in [9.17, 15) is 4.79 Å². The Morgan fingerprint density at radius 1 is 1.29 bits per heavy atom. The number of ketones is 1. The molecule has 17 heavy (non-hydrogen) atoms. The molecule has 0 saturated carbocycles. The van der Waals surface area contributed by atoms with Crippen LogP contribution in [-0.4, -0.2) is 25.5 Å². The van der Waals surface area contributed by atoms with Crippen molar-refractivity contribution < 1.29 is 14.3 Å². The van der Waals surface area contributed by atoms with Crippen LogP contribution >= 0.6 is 0 Å². The second-order valence-electron chi connectivity index (χ2n) is 4.13. The lowest BCUT2D eigenvalue weighted by molar-refractivity contribution is 0.0984. The third-order valence-corrected chi connectivity index (χ3v) is 2.77. The molecule has 0 unspecified atom stereocenters. The molecule has 1 aliphatic rings. The third kappa shape index (κ3) is 2.58. The zero-order valence-electron chi connectivity index (χ0n) is 9.99. The largest absolute Gasteiger partial charge is 0.490 e. The number of hydrogen-bond acceptors (Lipinski definition) is 4. The molecule has 0 saturated heterocycles. The van der Waals surface area contributed by atoms with Crippen LogP contribution in [-0.2, 0) is 0 Å². The molecule has 1 aliphatic heterocycles. The number of carbonyl (C=O) groups is 1. The predicted octanol–water partition coefficient (Wildman–Crippen LogP) is 1.69. The van der Waals surface area contributed by atoms with Gasteiger partial charge in [-0.3, -0.25) is 4.79 Å². The summed E-state index contributed by atoms with van der Waals surface area (Å²) in [5, 5.41) is 0. The lowest BCUT2D eigenvalue weighted by Crippen LogP contribution is -2.10. The fourth-order valence-electron chi connectivity index (χ4n) is 1.88. The predicted molar refractivity (Wildman–Crippen MR) is 64.8 cm³/mol. The van der Waals surface area contributed by atoms with E-state index in [-0.39, 0.29) is 5.78 Å². The minimum Gasteiger partial charge on any atom is -0.490 e. The van der Waals surface area contributed by atoms with Crippen molar-refractivity contribution in [2.45, 2.75) is 19.8 Å². The average molecular weight is 235 g/mol. The summed E-state index contributed by atoms with van der Waals surface area (Å²) in [7, 11) is 0. The molecule has 2 rings (SSSR count). The zero-order chi connectivity index (χ0) is 12.3. The Labute approximate surface area is 101 Å². The summed E-state index contributed by atoms with van der Waals surface area (Å²) >= 11 is 0. The molecule has 0 radical (unpaired) electrons. The van der Waals surface area contributed by atoms with Crippen molar-refractivity contribution in [3.05, 3.63) is 23.3 Å². The van der Waals surface area contributed by atoms with Gasteiger partial charge in [-0.05, 0) is 31.2 Å². The molecular formula is C13H17NO3. The highest BCUT2D eigenvalue weighted by Gasteiger charge is 2.16. The number of Topliss-reactive ketones (excluding diaryl/α,β-unsaturated/α-hetero) is 1. The van der Waals surface area contributed by atoms with Crippen molar-refractivity contribution in [1.29, 1.82) is 0 Å². The van der Waals surface area contributed by atoms with E-state index in [1.807, 2.05) is 13.0 Å². The second kappa shape index (κ2) is 5.19. The fourth-order valence-corrected chi connectivity index (χ4v) is 1.88. The fraction of sp³-hybridized carbons (Fsp3) is 0.462. The van der Waals surface area contributed by atoms with Gasteiger partial charge in [-0.2, -0.15) is 0 Å². The quantitative estimate of drug-likeness (QED) is 0.810. The van der Waals surface area contributed by atoms with Gasteiger partial charge in [0.15, 0.2) is 17.3 Å². The number of ether oxygens (including phenoxy) is 2. The first-order valence-corrected chi connectivity index (χ1v) is 5.86. The third-order valence-electron chi connectivity index (χ3n) is 2.77. The molecule has 1 heterocycles. The van der Waals surface area contributed by atoms with Crippen LogP contribution in [0.15, 0.2) is 12.1 Å². The van der Waals surface area contributed by atoms with Crippen molar-refractivity contribution in [1.82, 2.24) is 0 Å². The van der Waals surface area contributed by atoms with Crippen molar-refractivity contribution >= 4 is 5.78 Å². The lowest BCUT2D eigenvalue weighted by atomic mass is 10.0. The van der Waals surface area contributed by atoms with Gasteiger partial charge in [0.25, 0.3) is 0 Å². The summed E-state index contributed by atoms with van der Waals surface area (Å²) in [5.41, 5.74) is 6.99. The van der Waals surface area contributed by atoms with E-state index in [1.54, 1.807) is 6.07 Å². The molecule has 0 spiro atoms. The lowest BCUT2D eigenvalue weighted by Gasteiger charge is -2.11. The van der Waals surface area contributed by atoms with E-state index in [1.165, 1.54) is 0 Å². The van der Waals surface area contributed by atoms with E-state index in [2.05, 4.69) is 0 Å². The summed E-state index contributed by atoms with van der Waals surface area (Å²) in [4.78, 5) is 11.9. The van der Waals surface area contributed by atoms with Crippen molar-refractivity contribution in [3.8, 4) is 11.5 Å². The van der Waals surface area contributed by atoms with E-state index in [0.717, 1.165) is 17.7 Å². The monoisotopic (exact) mass is 235 g/mol. The number of fused-ring (bicyclic) bond motifs is 1. The minimum absolute atomic E-state index is 0.0562. The van der Waals surface area contributed by atoms with Crippen molar-refractivity contribution in [2.24, 2.45) is 5.73 Å². The maximum absolute atomic E-state index is 11.9. The first kappa shape index (κ1) is 11.9. The number of carbonyl (C=O) groups excluding carboxylic acids is 1. The number of rotatable bonds is 3. The summed E-state index contributed by atoms with van der Waals surface area (Å²) in [6.45, 7) is 3.55. The molecule has 92 valence electrons. The molecule has 1 aromatic rings. The van der Waals surface area contributed by atoms with Crippen LogP contribution < -0.4 is 15.2 Å². The van der Waals surface area contributed by atoms with Crippen LogP contribution in [0.3, 0.4) is 0 Å². The van der Waals surface area contributed by atoms with Gasteiger partial charge < -0.3 is 15.2 Å². The minimum atomic E-state index is 0.0562.